The van der Waals surface area contributed by atoms with Crippen LogP contribution in [0.25, 0.3) is 0 Å². The largest absolute Gasteiger partial charge is 0.329 e. The molecule has 2 atom stereocenters. The van der Waals surface area contributed by atoms with E-state index in [1.165, 1.54) is 31.6 Å². The molecule has 2 unspecified atom stereocenters. The molecule has 1 aliphatic carbocycles. The minimum atomic E-state index is 0.234. The van der Waals surface area contributed by atoms with Gasteiger partial charge in [-0.15, -0.1) is 0 Å². The lowest BCUT2D eigenvalue weighted by Gasteiger charge is -2.38. The van der Waals surface area contributed by atoms with Crippen LogP contribution in [0.1, 0.15) is 26.2 Å². The van der Waals surface area contributed by atoms with Crippen LogP contribution in [0.15, 0.2) is 0 Å². The van der Waals surface area contributed by atoms with Crippen LogP contribution in [0.3, 0.4) is 0 Å². The van der Waals surface area contributed by atoms with Gasteiger partial charge in [0.2, 0.25) is 0 Å². The minimum Gasteiger partial charge on any atom is -0.329 e. The van der Waals surface area contributed by atoms with Gasteiger partial charge < -0.3 is 5.73 Å². The van der Waals surface area contributed by atoms with E-state index in [1.807, 2.05) is 11.8 Å². The summed E-state index contributed by atoms with van der Waals surface area (Å²) in [4.78, 5) is 5.21. The molecule has 1 saturated carbocycles. The lowest BCUT2D eigenvalue weighted by Crippen LogP contribution is -2.54. The molecule has 1 saturated heterocycles. The number of likely N-dealkylation sites (N-methyl/N-ethyl adjacent to an activating group) is 1. The third kappa shape index (κ3) is 2.80. The second kappa shape index (κ2) is 5.47. The first-order valence-electron chi connectivity index (χ1n) is 6.79. The Morgan fingerprint density at radius 1 is 1.47 bits per heavy atom. The first-order valence-corrected chi connectivity index (χ1v) is 8.18. The quantitative estimate of drug-likeness (QED) is 0.776. The number of nitrogens with two attached hydrogens (primary N) is 1. The van der Waals surface area contributed by atoms with Crippen LogP contribution in [0.4, 0.5) is 0 Å². The van der Waals surface area contributed by atoms with Crippen molar-refractivity contribution in [2.24, 2.45) is 5.73 Å². The van der Waals surface area contributed by atoms with E-state index in [0.717, 1.165) is 19.1 Å². The Kier molecular flexibility index (Phi) is 4.40. The van der Waals surface area contributed by atoms with Gasteiger partial charge in [0, 0.05) is 43.0 Å². The fourth-order valence-electron chi connectivity index (χ4n) is 3.17. The van der Waals surface area contributed by atoms with E-state index < -0.39 is 0 Å². The lowest BCUT2D eigenvalue weighted by atomic mass is 9.94. The van der Waals surface area contributed by atoms with Gasteiger partial charge >= 0.3 is 0 Å². The van der Waals surface area contributed by atoms with Crippen molar-refractivity contribution in [2.75, 3.05) is 38.7 Å². The highest BCUT2D eigenvalue weighted by Crippen LogP contribution is 2.38. The summed E-state index contributed by atoms with van der Waals surface area (Å²) in [5, 5.41) is 0. The molecule has 2 fully saturated rings. The van der Waals surface area contributed by atoms with Gasteiger partial charge in [0.15, 0.2) is 0 Å². The van der Waals surface area contributed by atoms with Crippen LogP contribution in [-0.2, 0) is 0 Å². The lowest BCUT2D eigenvalue weighted by molar-refractivity contribution is 0.135. The maximum absolute atomic E-state index is 6.11. The standard InChI is InChI=1S/C13H27N3S/c1-11-8-13(9-14,15(2)6-7-17-3)10-16(11)12-4-5-12/h11-12H,4-10,14H2,1-3H3. The van der Waals surface area contributed by atoms with Gasteiger partial charge in [0.25, 0.3) is 0 Å². The monoisotopic (exact) mass is 257 g/mol. The molecule has 0 bridgehead atoms. The van der Waals surface area contributed by atoms with E-state index in [2.05, 4.69) is 30.0 Å². The Balaban J connectivity index is 1.99. The second-order valence-corrected chi connectivity index (χ2v) is 6.79. The van der Waals surface area contributed by atoms with E-state index in [-0.39, 0.29) is 5.54 Å². The third-order valence-electron chi connectivity index (χ3n) is 4.55. The molecule has 4 heteroatoms. The predicted molar refractivity (Wildman–Crippen MR) is 76.6 cm³/mol. The molecule has 0 radical (unpaired) electrons. The summed E-state index contributed by atoms with van der Waals surface area (Å²) in [7, 11) is 2.26. The van der Waals surface area contributed by atoms with Gasteiger partial charge in [-0.05, 0) is 39.5 Å². The highest BCUT2D eigenvalue weighted by Gasteiger charge is 2.48. The number of rotatable bonds is 6. The summed E-state index contributed by atoms with van der Waals surface area (Å²) in [6.45, 7) is 5.51. The van der Waals surface area contributed by atoms with Crippen molar-refractivity contribution in [2.45, 2.75) is 43.8 Å². The molecule has 0 spiro atoms. The zero-order chi connectivity index (χ0) is 12.5. The van der Waals surface area contributed by atoms with Gasteiger partial charge in [-0.25, -0.2) is 0 Å². The second-order valence-electron chi connectivity index (χ2n) is 5.80. The fraction of sp³-hybridized carbons (Fsp3) is 1.00. The highest BCUT2D eigenvalue weighted by atomic mass is 32.2. The van der Waals surface area contributed by atoms with Gasteiger partial charge in [0.1, 0.15) is 0 Å². The zero-order valence-electron chi connectivity index (χ0n) is 11.5. The van der Waals surface area contributed by atoms with Gasteiger partial charge in [-0.1, -0.05) is 0 Å². The van der Waals surface area contributed by atoms with E-state index in [4.69, 9.17) is 5.73 Å². The van der Waals surface area contributed by atoms with Crippen LogP contribution in [0.5, 0.6) is 0 Å². The molecule has 0 aromatic carbocycles. The Hall–Kier alpha value is 0.230. The summed E-state index contributed by atoms with van der Waals surface area (Å²) < 4.78 is 0. The average molecular weight is 257 g/mol. The van der Waals surface area contributed by atoms with Crippen LogP contribution in [-0.4, -0.2) is 66.1 Å². The van der Waals surface area contributed by atoms with Crippen LogP contribution < -0.4 is 5.73 Å². The molecular formula is C13H27N3S. The molecule has 0 aromatic heterocycles. The summed E-state index contributed by atoms with van der Waals surface area (Å²) in [6.07, 6.45) is 6.22. The molecular weight excluding hydrogens is 230 g/mol. The Labute approximate surface area is 110 Å². The Morgan fingerprint density at radius 2 is 2.18 bits per heavy atom. The number of hydrogen-bond acceptors (Lipinski definition) is 4. The maximum Gasteiger partial charge on any atom is 0.0470 e. The van der Waals surface area contributed by atoms with Crippen molar-refractivity contribution in [3.63, 3.8) is 0 Å². The van der Waals surface area contributed by atoms with Crippen molar-refractivity contribution >= 4 is 11.8 Å². The summed E-state index contributed by atoms with van der Waals surface area (Å²) in [6, 6.07) is 1.58. The van der Waals surface area contributed by atoms with Crippen molar-refractivity contribution < 1.29 is 0 Å². The first-order chi connectivity index (χ1) is 8.13. The molecule has 3 nitrogen and oxygen atoms in total. The molecule has 0 aromatic rings. The van der Waals surface area contributed by atoms with Gasteiger partial charge in [-0.2, -0.15) is 11.8 Å². The smallest absolute Gasteiger partial charge is 0.0470 e. The molecule has 0 amide bonds. The fourth-order valence-corrected chi connectivity index (χ4v) is 3.62. The molecule has 2 rings (SSSR count). The predicted octanol–water partition coefficient (Wildman–Crippen LogP) is 1.24. The van der Waals surface area contributed by atoms with Crippen LogP contribution in [0.2, 0.25) is 0 Å². The average Bonchev–Trinajstić information content (AvgIpc) is 3.10. The van der Waals surface area contributed by atoms with Crippen LogP contribution >= 0.6 is 11.8 Å². The molecule has 2 aliphatic rings. The topological polar surface area (TPSA) is 32.5 Å². The van der Waals surface area contributed by atoms with E-state index in [9.17, 15) is 0 Å². The Morgan fingerprint density at radius 3 is 2.71 bits per heavy atom. The van der Waals surface area contributed by atoms with E-state index in [0.29, 0.717) is 6.04 Å². The SMILES string of the molecule is CSCCN(C)C1(CN)CC(C)N(C2CC2)C1. The van der Waals surface area contributed by atoms with Crippen molar-refractivity contribution in [1.82, 2.24) is 9.80 Å². The molecule has 1 heterocycles. The number of nitrogens with zero attached hydrogens (tertiary/aromatic N) is 2. The summed E-state index contributed by atoms with van der Waals surface area (Å²) >= 11 is 1.92. The normalized spacial score (nSPS) is 34.8. The zero-order valence-corrected chi connectivity index (χ0v) is 12.3. The molecule has 2 N–H and O–H groups in total. The summed E-state index contributed by atoms with van der Waals surface area (Å²) in [5.41, 5.74) is 6.35. The number of thioether (sulfide) groups is 1. The van der Waals surface area contributed by atoms with Crippen LogP contribution in [0, 0.1) is 0 Å². The molecule has 1 aliphatic heterocycles. The third-order valence-corrected chi connectivity index (χ3v) is 5.15. The Bertz CT molecular complexity index is 257. The number of likely N-dealkylation sites (tertiary alicyclic amines) is 1. The van der Waals surface area contributed by atoms with Gasteiger partial charge in [0.05, 0.1) is 0 Å². The van der Waals surface area contributed by atoms with Crippen molar-refractivity contribution in [3.05, 3.63) is 0 Å². The maximum atomic E-state index is 6.11. The minimum absolute atomic E-state index is 0.234. The van der Waals surface area contributed by atoms with E-state index in [1.54, 1.807) is 0 Å². The van der Waals surface area contributed by atoms with E-state index >= 15 is 0 Å². The van der Waals surface area contributed by atoms with Gasteiger partial charge in [-0.3, -0.25) is 9.80 Å². The number of hydrogen-bond donors (Lipinski definition) is 1. The van der Waals surface area contributed by atoms with Crippen molar-refractivity contribution in [1.29, 1.82) is 0 Å². The highest BCUT2D eigenvalue weighted by molar-refractivity contribution is 7.98. The van der Waals surface area contributed by atoms with Crippen molar-refractivity contribution in [3.8, 4) is 0 Å². The molecule has 17 heavy (non-hydrogen) atoms. The molecule has 100 valence electrons. The first kappa shape index (κ1) is 13.7. The summed E-state index contributed by atoms with van der Waals surface area (Å²) in [5.74, 6) is 1.20.